The first-order valence-electron chi connectivity index (χ1n) is 6.24. The average Bonchev–Trinajstić information content (AvgIpc) is 2.60. The number of carbonyl (C=O) groups is 1. The Bertz CT molecular complexity index is 409. The Hall–Kier alpha value is -1.38. The van der Waals surface area contributed by atoms with Gasteiger partial charge in [0.1, 0.15) is 5.82 Å². The van der Waals surface area contributed by atoms with Crippen molar-refractivity contribution in [2.24, 2.45) is 0 Å². The van der Waals surface area contributed by atoms with E-state index in [1.54, 1.807) is 6.07 Å². The molecule has 1 heterocycles. The summed E-state index contributed by atoms with van der Waals surface area (Å²) in [5.74, 6) is -0.363. The highest BCUT2D eigenvalue weighted by Crippen LogP contribution is 2.16. The Balaban J connectivity index is 2.20. The largest absolute Gasteiger partial charge is 0.339 e. The minimum atomic E-state index is -0.339. The number of nitrogens with zero attached hydrogens (tertiary/aromatic N) is 1. The fourth-order valence-electron chi connectivity index (χ4n) is 2.27. The third-order valence-corrected chi connectivity index (χ3v) is 3.32. The van der Waals surface area contributed by atoms with Gasteiger partial charge in [0.2, 0.25) is 0 Å². The Morgan fingerprint density at radius 1 is 1.18 bits per heavy atom. The van der Waals surface area contributed by atoms with E-state index in [1.807, 2.05) is 11.8 Å². The van der Waals surface area contributed by atoms with Crippen molar-refractivity contribution in [3.05, 3.63) is 35.1 Å². The molecule has 1 aliphatic heterocycles. The zero-order valence-electron chi connectivity index (χ0n) is 10.2. The molecule has 1 aromatic carbocycles. The number of rotatable bonds is 1. The molecule has 0 bridgehead atoms. The van der Waals surface area contributed by atoms with Crippen LogP contribution in [-0.2, 0) is 0 Å². The zero-order chi connectivity index (χ0) is 12.3. The van der Waals surface area contributed by atoms with Gasteiger partial charge in [0.05, 0.1) is 0 Å². The van der Waals surface area contributed by atoms with Crippen LogP contribution < -0.4 is 0 Å². The van der Waals surface area contributed by atoms with Crippen LogP contribution in [-0.4, -0.2) is 23.9 Å². The summed E-state index contributed by atoms with van der Waals surface area (Å²) in [6, 6.07) is 4.41. The molecule has 1 saturated heterocycles. The van der Waals surface area contributed by atoms with Gasteiger partial charge < -0.3 is 4.90 Å². The molecule has 92 valence electrons. The lowest BCUT2D eigenvalue weighted by Gasteiger charge is -2.21. The number of hydrogen-bond acceptors (Lipinski definition) is 1. The van der Waals surface area contributed by atoms with Crippen molar-refractivity contribution in [2.45, 2.75) is 32.6 Å². The molecular weight excluding hydrogens is 217 g/mol. The summed E-state index contributed by atoms with van der Waals surface area (Å²) in [4.78, 5) is 14.1. The van der Waals surface area contributed by atoms with Gasteiger partial charge >= 0.3 is 0 Å². The lowest BCUT2D eigenvalue weighted by Crippen LogP contribution is -2.32. The van der Waals surface area contributed by atoms with Gasteiger partial charge in [-0.05, 0) is 37.5 Å². The minimum absolute atomic E-state index is 0.0242. The third kappa shape index (κ3) is 2.84. The first-order chi connectivity index (χ1) is 8.18. The molecule has 0 spiro atoms. The van der Waals surface area contributed by atoms with Gasteiger partial charge in [-0.2, -0.15) is 0 Å². The van der Waals surface area contributed by atoms with Gasteiger partial charge in [-0.3, -0.25) is 4.79 Å². The topological polar surface area (TPSA) is 20.3 Å². The van der Waals surface area contributed by atoms with Gasteiger partial charge in [-0.1, -0.05) is 18.9 Å². The molecule has 1 amide bonds. The van der Waals surface area contributed by atoms with Crippen LogP contribution in [0.4, 0.5) is 4.39 Å². The van der Waals surface area contributed by atoms with Crippen LogP contribution in [0.25, 0.3) is 0 Å². The summed E-state index contributed by atoms with van der Waals surface area (Å²) in [7, 11) is 0. The van der Waals surface area contributed by atoms with Crippen molar-refractivity contribution in [1.82, 2.24) is 4.90 Å². The molecule has 0 aliphatic carbocycles. The van der Waals surface area contributed by atoms with E-state index in [-0.39, 0.29) is 11.7 Å². The van der Waals surface area contributed by atoms with Crippen LogP contribution >= 0.6 is 0 Å². The molecule has 0 aromatic heterocycles. The van der Waals surface area contributed by atoms with Crippen LogP contribution in [0.1, 0.15) is 41.6 Å². The van der Waals surface area contributed by atoms with E-state index in [0.717, 1.165) is 31.5 Å². The fraction of sp³-hybridized carbons (Fsp3) is 0.500. The Morgan fingerprint density at radius 2 is 1.82 bits per heavy atom. The summed E-state index contributed by atoms with van der Waals surface area (Å²) < 4.78 is 13.2. The van der Waals surface area contributed by atoms with Crippen molar-refractivity contribution >= 4 is 5.91 Å². The third-order valence-electron chi connectivity index (χ3n) is 3.32. The number of hydrogen-bond donors (Lipinski definition) is 0. The van der Waals surface area contributed by atoms with Crippen molar-refractivity contribution < 1.29 is 9.18 Å². The molecule has 2 nitrogen and oxygen atoms in total. The van der Waals surface area contributed by atoms with Crippen LogP contribution in [0.15, 0.2) is 18.2 Å². The molecule has 0 N–H and O–H groups in total. The minimum Gasteiger partial charge on any atom is -0.339 e. The number of carbonyl (C=O) groups excluding carboxylic acids is 1. The summed E-state index contributed by atoms with van der Waals surface area (Å²) in [6.45, 7) is 3.45. The second-order valence-corrected chi connectivity index (χ2v) is 4.67. The summed E-state index contributed by atoms with van der Waals surface area (Å²) >= 11 is 0. The van der Waals surface area contributed by atoms with Gasteiger partial charge in [0.25, 0.3) is 5.91 Å². The number of benzene rings is 1. The summed E-state index contributed by atoms with van der Waals surface area (Å²) in [5, 5.41) is 0. The first kappa shape index (κ1) is 12.1. The van der Waals surface area contributed by atoms with E-state index in [1.165, 1.54) is 25.0 Å². The van der Waals surface area contributed by atoms with Crippen LogP contribution in [0.2, 0.25) is 0 Å². The fourth-order valence-corrected chi connectivity index (χ4v) is 2.27. The Labute approximate surface area is 101 Å². The summed E-state index contributed by atoms with van der Waals surface area (Å²) in [5.41, 5.74) is 1.35. The molecule has 17 heavy (non-hydrogen) atoms. The molecular formula is C14H18FNO. The average molecular weight is 235 g/mol. The maximum absolute atomic E-state index is 13.2. The predicted octanol–water partition coefficient (Wildman–Crippen LogP) is 3.15. The molecule has 1 aliphatic rings. The van der Waals surface area contributed by atoms with E-state index in [9.17, 15) is 9.18 Å². The highest BCUT2D eigenvalue weighted by molar-refractivity contribution is 5.95. The second-order valence-electron chi connectivity index (χ2n) is 4.67. The SMILES string of the molecule is Cc1ccc(F)cc1C(=O)N1CCCCCC1. The zero-order valence-corrected chi connectivity index (χ0v) is 10.2. The number of likely N-dealkylation sites (tertiary alicyclic amines) is 1. The molecule has 0 saturated carbocycles. The molecule has 0 atom stereocenters. The molecule has 0 unspecified atom stereocenters. The molecule has 2 rings (SSSR count). The smallest absolute Gasteiger partial charge is 0.254 e. The number of amides is 1. The summed E-state index contributed by atoms with van der Waals surface area (Å²) in [6.07, 6.45) is 4.48. The highest BCUT2D eigenvalue weighted by Gasteiger charge is 2.19. The van der Waals surface area contributed by atoms with Crippen molar-refractivity contribution in [1.29, 1.82) is 0 Å². The number of aryl methyl sites for hydroxylation is 1. The molecule has 3 heteroatoms. The second kappa shape index (κ2) is 5.30. The molecule has 1 aromatic rings. The van der Waals surface area contributed by atoms with Crippen LogP contribution in [0.5, 0.6) is 0 Å². The van der Waals surface area contributed by atoms with Crippen molar-refractivity contribution in [2.75, 3.05) is 13.1 Å². The quantitative estimate of drug-likeness (QED) is 0.732. The molecule has 0 radical (unpaired) electrons. The van der Waals surface area contributed by atoms with E-state index < -0.39 is 0 Å². The molecule has 1 fully saturated rings. The van der Waals surface area contributed by atoms with Gasteiger partial charge in [-0.25, -0.2) is 4.39 Å². The first-order valence-corrected chi connectivity index (χ1v) is 6.24. The van der Waals surface area contributed by atoms with E-state index in [4.69, 9.17) is 0 Å². The Morgan fingerprint density at radius 3 is 2.47 bits per heavy atom. The van der Waals surface area contributed by atoms with Crippen LogP contribution in [0.3, 0.4) is 0 Å². The van der Waals surface area contributed by atoms with Gasteiger partial charge in [0.15, 0.2) is 0 Å². The van der Waals surface area contributed by atoms with E-state index in [0.29, 0.717) is 5.56 Å². The van der Waals surface area contributed by atoms with Crippen molar-refractivity contribution in [3.63, 3.8) is 0 Å². The maximum atomic E-state index is 13.2. The lowest BCUT2D eigenvalue weighted by molar-refractivity contribution is 0.0760. The van der Waals surface area contributed by atoms with Gasteiger partial charge in [0, 0.05) is 18.7 Å². The van der Waals surface area contributed by atoms with Crippen molar-refractivity contribution in [3.8, 4) is 0 Å². The standard InChI is InChI=1S/C14H18FNO/c1-11-6-7-12(15)10-13(11)14(17)16-8-4-2-3-5-9-16/h6-7,10H,2-5,8-9H2,1H3. The lowest BCUT2D eigenvalue weighted by atomic mass is 10.1. The van der Waals surface area contributed by atoms with E-state index in [2.05, 4.69) is 0 Å². The monoisotopic (exact) mass is 235 g/mol. The maximum Gasteiger partial charge on any atom is 0.254 e. The Kier molecular flexibility index (Phi) is 3.77. The normalized spacial score (nSPS) is 16.7. The number of halogens is 1. The van der Waals surface area contributed by atoms with E-state index >= 15 is 0 Å². The van der Waals surface area contributed by atoms with Crippen LogP contribution in [0, 0.1) is 12.7 Å². The van der Waals surface area contributed by atoms with Gasteiger partial charge in [-0.15, -0.1) is 0 Å². The highest BCUT2D eigenvalue weighted by atomic mass is 19.1. The predicted molar refractivity (Wildman–Crippen MR) is 65.5 cm³/mol.